The van der Waals surface area contributed by atoms with Gasteiger partial charge in [-0.3, -0.25) is 0 Å². The van der Waals surface area contributed by atoms with E-state index in [2.05, 4.69) is 27.5 Å². The molecule has 3 rings (SSSR count). The second kappa shape index (κ2) is 7.40. The first-order valence-corrected chi connectivity index (χ1v) is 8.73. The highest BCUT2D eigenvalue weighted by Gasteiger charge is 2.53. The van der Waals surface area contributed by atoms with E-state index >= 15 is 0 Å². The van der Waals surface area contributed by atoms with Gasteiger partial charge >= 0.3 is 5.97 Å². The Morgan fingerprint density at radius 2 is 1.71 bits per heavy atom. The summed E-state index contributed by atoms with van der Waals surface area (Å²) in [6, 6.07) is 11.4. The van der Waals surface area contributed by atoms with Crippen LogP contribution in [0.3, 0.4) is 0 Å². The summed E-state index contributed by atoms with van der Waals surface area (Å²) in [6.07, 6.45) is 4.53. The molecule has 2 bridgehead atoms. The summed E-state index contributed by atoms with van der Waals surface area (Å²) in [5, 5.41) is 0. The van der Waals surface area contributed by atoms with Gasteiger partial charge in [-0.2, -0.15) is 0 Å². The van der Waals surface area contributed by atoms with Crippen LogP contribution in [0.15, 0.2) is 36.9 Å². The van der Waals surface area contributed by atoms with Gasteiger partial charge in [0.1, 0.15) is 6.10 Å². The number of nitrogens with zero attached hydrogens (tertiary/aromatic N) is 1. The number of quaternary nitrogens is 1. The van der Waals surface area contributed by atoms with E-state index in [9.17, 15) is 4.79 Å². The van der Waals surface area contributed by atoms with Crippen molar-refractivity contribution < 1.29 is 31.0 Å². The lowest BCUT2D eigenvalue weighted by atomic mass is 9.94. The van der Waals surface area contributed by atoms with Crippen molar-refractivity contribution in [2.45, 2.75) is 63.8 Å². The summed E-state index contributed by atoms with van der Waals surface area (Å²) >= 11 is 0. The minimum atomic E-state index is -0.263. The maximum absolute atomic E-state index is 12.4. The molecule has 2 heterocycles. The van der Waals surface area contributed by atoms with Crippen LogP contribution in [0.1, 0.15) is 45.1 Å². The molecule has 132 valence electrons. The monoisotopic (exact) mass is 393 g/mol. The van der Waals surface area contributed by atoms with E-state index in [1.54, 1.807) is 0 Å². The minimum absolute atomic E-state index is 0. The van der Waals surface area contributed by atoms with Crippen LogP contribution < -0.4 is 17.0 Å². The first-order valence-electron chi connectivity index (χ1n) is 8.73. The van der Waals surface area contributed by atoms with Crippen LogP contribution in [0.5, 0.6) is 0 Å². The number of fused-ring (bicyclic) bond motifs is 2. The molecule has 0 spiro atoms. The Morgan fingerprint density at radius 1 is 1.17 bits per heavy atom. The van der Waals surface area contributed by atoms with Crippen LogP contribution in [0.4, 0.5) is 0 Å². The molecule has 2 fully saturated rings. The molecule has 4 atom stereocenters. The van der Waals surface area contributed by atoms with E-state index in [-0.39, 0.29) is 29.1 Å². The standard InChI is InChI=1S/C20H28NO2.BrH/c1-14(2)21(4)17-10-11-18(21)13-19(12-17)23-20(22)15(3)16-8-6-5-7-9-16;/h5-9,14,17-19H,3,10-13H2,1-2,4H3;1H/q+1;/p-1/t17-,18+,19?,21?;. The highest BCUT2D eigenvalue weighted by molar-refractivity contribution is 6.15. The number of hydrogen-bond donors (Lipinski definition) is 0. The number of carbonyl (C=O) groups is 1. The zero-order chi connectivity index (χ0) is 16.6. The summed E-state index contributed by atoms with van der Waals surface area (Å²) in [6.45, 7) is 8.55. The average Bonchev–Trinajstić information content (AvgIpc) is 2.73. The first-order chi connectivity index (χ1) is 10.9. The van der Waals surface area contributed by atoms with Gasteiger partial charge in [-0.15, -0.1) is 0 Å². The van der Waals surface area contributed by atoms with Crippen molar-refractivity contribution in [2.75, 3.05) is 7.05 Å². The van der Waals surface area contributed by atoms with Crippen molar-refractivity contribution in [1.82, 2.24) is 0 Å². The Labute approximate surface area is 156 Å². The number of piperidine rings is 1. The first kappa shape index (κ1) is 19.2. The molecule has 2 saturated heterocycles. The van der Waals surface area contributed by atoms with Crippen molar-refractivity contribution in [1.29, 1.82) is 0 Å². The molecule has 24 heavy (non-hydrogen) atoms. The summed E-state index contributed by atoms with van der Waals surface area (Å²) in [7, 11) is 2.38. The lowest BCUT2D eigenvalue weighted by Crippen LogP contribution is -3.00. The van der Waals surface area contributed by atoms with Gasteiger partial charge in [0, 0.05) is 25.7 Å². The van der Waals surface area contributed by atoms with Gasteiger partial charge in [-0.05, 0) is 19.4 Å². The van der Waals surface area contributed by atoms with Gasteiger partial charge in [0.05, 0.1) is 30.7 Å². The zero-order valence-corrected chi connectivity index (χ0v) is 16.5. The van der Waals surface area contributed by atoms with Crippen molar-refractivity contribution in [2.24, 2.45) is 0 Å². The van der Waals surface area contributed by atoms with Gasteiger partial charge < -0.3 is 26.2 Å². The van der Waals surface area contributed by atoms with Crippen LogP contribution >= 0.6 is 0 Å². The zero-order valence-electron chi connectivity index (χ0n) is 14.9. The predicted octanol–water partition coefficient (Wildman–Crippen LogP) is 0.795. The number of benzene rings is 1. The number of carbonyl (C=O) groups excluding carboxylic acids is 1. The maximum atomic E-state index is 12.4. The fraction of sp³-hybridized carbons (Fsp3) is 0.550. The second-order valence-electron chi connectivity index (χ2n) is 7.54. The molecule has 1 aromatic carbocycles. The third kappa shape index (κ3) is 3.31. The molecule has 2 unspecified atom stereocenters. The Morgan fingerprint density at radius 3 is 2.21 bits per heavy atom. The van der Waals surface area contributed by atoms with E-state index in [4.69, 9.17) is 4.74 Å². The molecule has 2 aliphatic rings. The van der Waals surface area contributed by atoms with Crippen LogP contribution in [-0.2, 0) is 9.53 Å². The van der Waals surface area contributed by atoms with Gasteiger partial charge in [0.15, 0.2) is 0 Å². The third-order valence-electron chi connectivity index (χ3n) is 6.23. The smallest absolute Gasteiger partial charge is 0.338 e. The number of rotatable bonds is 4. The Bertz CT molecular complexity index is 585. The van der Waals surface area contributed by atoms with Gasteiger partial charge in [-0.25, -0.2) is 4.79 Å². The number of ether oxygens (including phenoxy) is 1. The normalized spacial score (nSPS) is 31.4. The van der Waals surface area contributed by atoms with Crippen molar-refractivity contribution >= 4 is 11.5 Å². The Hall–Kier alpha value is -1.13. The van der Waals surface area contributed by atoms with E-state index < -0.39 is 0 Å². The average molecular weight is 394 g/mol. The van der Waals surface area contributed by atoms with Crippen LogP contribution in [-0.4, -0.2) is 41.7 Å². The van der Waals surface area contributed by atoms with Gasteiger partial charge in [0.2, 0.25) is 0 Å². The maximum Gasteiger partial charge on any atom is 0.338 e. The van der Waals surface area contributed by atoms with E-state index in [1.165, 1.54) is 12.8 Å². The third-order valence-corrected chi connectivity index (χ3v) is 6.23. The molecule has 3 nitrogen and oxygen atoms in total. The molecular weight excluding hydrogens is 366 g/mol. The van der Waals surface area contributed by atoms with Crippen molar-refractivity contribution in [3.63, 3.8) is 0 Å². The highest BCUT2D eigenvalue weighted by atomic mass is 79.9. The minimum Gasteiger partial charge on any atom is -1.00 e. The number of esters is 1. The fourth-order valence-corrected chi connectivity index (χ4v) is 4.55. The molecule has 0 radical (unpaired) electrons. The predicted molar refractivity (Wildman–Crippen MR) is 92.7 cm³/mol. The van der Waals surface area contributed by atoms with E-state index in [0.717, 1.165) is 22.9 Å². The largest absolute Gasteiger partial charge is 1.00 e. The summed E-state index contributed by atoms with van der Waals surface area (Å²) < 4.78 is 6.96. The van der Waals surface area contributed by atoms with Gasteiger partial charge in [-0.1, -0.05) is 36.9 Å². The SMILES string of the molecule is C=C(C(=O)OC1C[C@H]2CC[C@@H](C1)[N+]2(C)C(C)C)c1ccccc1.[Br-]. The van der Waals surface area contributed by atoms with E-state index in [0.29, 0.717) is 23.7 Å². The van der Waals surface area contributed by atoms with Crippen LogP contribution in [0, 0.1) is 0 Å². The Kier molecular flexibility index (Phi) is 5.92. The lowest BCUT2D eigenvalue weighted by Gasteiger charge is -2.49. The molecule has 0 N–H and O–H groups in total. The summed E-state index contributed by atoms with van der Waals surface area (Å²) in [4.78, 5) is 12.4. The number of hydrogen-bond acceptors (Lipinski definition) is 2. The molecule has 0 aromatic heterocycles. The summed E-state index contributed by atoms with van der Waals surface area (Å²) in [5.74, 6) is -0.263. The lowest BCUT2D eigenvalue weighted by molar-refractivity contribution is -0.968. The second-order valence-corrected chi connectivity index (χ2v) is 7.54. The molecule has 2 aliphatic heterocycles. The van der Waals surface area contributed by atoms with Crippen LogP contribution in [0.25, 0.3) is 5.57 Å². The molecular formula is C20H28BrNO2. The topological polar surface area (TPSA) is 26.3 Å². The van der Waals surface area contributed by atoms with Gasteiger partial charge in [0.25, 0.3) is 0 Å². The molecule has 4 heteroatoms. The molecule has 0 saturated carbocycles. The summed E-state index contributed by atoms with van der Waals surface area (Å²) in [5.41, 5.74) is 1.31. The quantitative estimate of drug-likeness (QED) is 0.429. The van der Waals surface area contributed by atoms with Crippen molar-refractivity contribution in [3.05, 3.63) is 42.5 Å². The molecule has 1 aromatic rings. The fourth-order valence-electron chi connectivity index (χ4n) is 4.55. The highest BCUT2D eigenvalue weighted by Crippen LogP contribution is 2.44. The number of halogens is 1. The van der Waals surface area contributed by atoms with Crippen molar-refractivity contribution in [3.8, 4) is 0 Å². The Balaban J connectivity index is 0.00000208. The van der Waals surface area contributed by atoms with E-state index in [1.807, 2.05) is 30.3 Å². The molecule has 0 amide bonds. The molecule has 0 aliphatic carbocycles. The van der Waals surface area contributed by atoms with Crippen LogP contribution in [0.2, 0.25) is 0 Å².